The van der Waals surface area contributed by atoms with Crippen LogP contribution in [0.5, 0.6) is 11.5 Å². The van der Waals surface area contributed by atoms with Crippen LogP contribution in [-0.2, 0) is 13.7 Å². The molecule has 1 aromatic carbocycles. The van der Waals surface area contributed by atoms with Gasteiger partial charge in [0.15, 0.2) is 0 Å². The molecule has 0 radical (unpaired) electrons. The first-order valence-electron chi connectivity index (χ1n) is 8.61. The Morgan fingerprint density at radius 2 is 2.00 bits per heavy atom. The van der Waals surface area contributed by atoms with Gasteiger partial charge in [0.2, 0.25) is 0 Å². The summed E-state index contributed by atoms with van der Waals surface area (Å²) in [5.74, 6) is 1.45. The number of methoxy groups -OCH3 is 1. The number of nitrogens with zero attached hydrogens (tertiary/aromatic N) is 2. The Morgan fingerprint density at radius 3 is 2.63 bits per heavy atom. The number of hydrogen-bond acceptors (Lipinski definition) is 5. The molecule has 0 saturated heterocycles. The minimum Gasteiger partial charge on any atom is -0.497 e. The number of carbonyl (C=O) groups excluding carboxylic acids is 1. The van der Waals surface area contributed by atoms with Gasteiger partial charge in [-0.2, -0.15) is 5.10 Å². The highest BCUT2D eigenvalue weighted by Crippen LogP contribution is 2.22. The summed E-state index contributed by atoms with van der Waals surface area (Å²) in [6, 6.07) is 9.18. The van der Waals surface area contributed by atoms with E-state index in [1.165, 1.54) is 11.3 Å². The van der Waals surface area contributed by atoms with E-state index in [9.17, 15) is 4.79 Å². The number of nitrogens with one attached hydrogen (secondary N) is 1. The Hall–Kier alpha value is -2.80. The number of thiophene rings is 1. The number of carbonyl (C=O) groups is 1. The molecule has 27 heavy (non-hydrogen) atoms. The maximum Gasteiger partial charge on any atom is 0.261 e. The Balaban J connectivity index is 1.57. The molecule has 3 rings (SSSR count). The molecule has 2 heterocycles. The predicted octanol–water partition coefficient (Wildman–Crippen LogP) is 3.87. The summed E-state index contributed by atoms with van der Waals surface area (Å²) < 4.78 is 12.7. The second-order valence-electron chi connectivity index (χ2n) is 6.29. The maximum atomic E-state index is 12.5. The van der Waals surface area contributed by atoms with E-state index in [1.807, 2.05) is 56.6 Å². The molecule has 0 aliphatic carbocycles. The summed E-state index contributed by atoms with van der Waals surface area (Å²) >= 11 is 1.41. The lowest BCUT2D eigenvalue weighted by molar-refractivity contribution is 0.0944. The minimum atomic E-state index is -0.104. The number of aryl methyl sites for hydroxylation is 1. The van der Waals surface area contributed by atoms with Gasteiger partial charge >= 0.3 is 0 Å². The molecule has 1 atom stereocenters. The molecule has 142 valence electrons. The molecule has 0 saturated carbocycles. The quantitative estimate of drug-likeness (QED) is 0.671. The Labute approximate surface area is 162 Å². The van der Waals surface area contributed by atoms with Crippen molar-refractivity contribution in [2.75, 3.05) is 7.11 Å². The fraction of sp³-hybridized carbons (Fsp3) is 0.300. The van der Waals surface area contributed by atoms with Gasteiger partial charge in [-0.3, -0.25) is 9.48 Å². The van der Waals surface area contributed by atoms with Gasteiger partial charge in [0, 0.05) is 23.9 Å². The SMILES string of the molecule is COc1ccc(OCc2csc(C(=O)NC(C)c3cnn(C)c3C)c2)cc1. The molecular weight excluding hydrogens is 362 g/mol. The van der Waals surface area contributed by atoms with Gasteiger partial charge in [0.05, 0.1) is 24.2 Å². The van der Waals surface area contributed by atoms with Gasteiger partial charge in [-0.15, -0.1) is 11.3 Å². The number of benzene rings is 1. The molecule has 6 nitrogen and oxygen atoms in total. The molecule has 0 bridgehead atoms. The Bertz CT molecular complexity index is 915. The normalized spacial score (nSPS) is 11.9. The minimum absolute atomic E-state index is 0.0912. The van der Waals surface area contributed by atoms with E-state index in [0.29, 0.717) is 11.5 Å². The number of ether oxygens (including phenoxy) is 2. The first-order chi connectivity index (χ1) is 13.0. The standard InChI is InChI=1S/C20H23N3O3S/c1-13(18-10-21-23(3)14(18)2)22-20(24)19-9-15(12-27-19)11-26-17-7-5-16(25-4)6-8-17/h5-10,12-13H,11H2,1-4H3,(H,22,24). The average Bonchev–Trinajstić information content (AvgIpc) is 3.28. The van der Waals surface area contributed by atoms with Crippen LogP contribution in [0.4, 0.5) is 0 Å². The lowest BCUT2D eigenvalue weighted by Gasteiger charge is -2.13. The van der Waals surface area contributed by atoms with E-state index in [-0.39, 0.29) is 11.9 Å². The molecular formula is C20H23N3O3S. The molecule has 1 unspecified atom stereocenters. The third-order valence-electron chi connectivity index (χ3n) is 4.43. The summed E-state index contributed by atoms with van der Waals surface area (Å²) in [5, 5.41) is 9.20. The summed E-state index contributed by atoms with van der Waals surface area (Å²) in [4.78, 5) is 13.2. The van der Waals surface area contributed by atoms with Crippen LogP contribution in [0.2, 0.25) is 0 Å². The monoisotopic (exact) mass is 385 g/mol. The van der Waals surface area contributed by atoms with Crippen molar-refractivity contribution in [3.63, 3.8) is 0 Å². The van der Waals surface area contributed by atoms with Crippen molar-refractivity contribution in [3.05, 3.63) is 63.6 Å². The summed E-state index contributed by atoms with van der Waals surface area (Å²) in [6.07, 6.45) is 1.79. The third kappa shape index (κ3) is 4.49. The lowest BCUT2D eigenvalue weighted by Crippen LogP contribution is -2.26. The van der Waals surface area contributed by atoms with Crippen LogP contribution in [0.3, 0.4) is 0 Å². The van der Waals surface area contributed by atoms with Crippen molar-refractivity contribution in [1.29, 1.82) is 0 Å². The lowest BCUT2D eigenvalue weighted by atomic mass is 10.1. The molecule has 0 spiro atoms. The maximum absolute atomic E-state index is 12.5. The fourth-order valence-corrected chi connectivity index (χ4v) is 3.50. The summed E-state index contributed by atoms with van der Waals surface area (Å²) in [7, 11) is 3.52. The second-order valence-corrected chi connectivity index (χ2v) is 7.20. The van der Waals surface area contributed by atoms with Gasteiger partial charge in [-0.25, -0.2) is 0 Å². The average molecular weight is 385 g/mol. The number of hydrogen-bond donors (Lipinski definition) is 1. The van der Waals surface area contributed by atoms with E-state index in [0.717, 1.165) is 28.3 Å². The van der Waals surface area contributed by atoms with E-state index in [4.69, 9.17) is 9.47 Å². The van der Waals surface area contributed by atoms with Crippen molar-refractivity contribution in [3.8, 4) is 11.5 Å². The highest BCUT2D eigenvalue weighted by molar-refractivity contribution is 7.12. The molecule has 3 aromatic rings. The van der Waals surface area contributed by atoms with Crippen LogP contribution < -0.4 is 14.8 Å². The van der Waals surface area contributed by atoms with Crippen molar-refractivity contribution in [2.24, 2.45) is 7.05 Å². The van der Waals surface area contributed by atoms with Crippen molar-refractivity contribution in [2.45, 2.75) is 26.5 Å². The highest BCUT2D eigenvalue weighted by atomic mass is 32.1. The summed E-state index contributed by atoms with van der Waals surface area (Å²) in [5.41, 5.74) is 3.03. The van der Waals surface area contributed by atoms with E-state index in [1.54, 1.807) is 18.0 Å². The first kappa shape index (κ1) is 19.0. The molecule has 0 aliphatic rings. The van der Waals surface area contributed by atoms with Crippen molar-refractivity contribution < 1.29 is 14.3 Å². The van der Waals surface area contributed by atoms with Gasteiger partial charge < -0.3 is 14.8 Å². The van der Waals surface area contributed by atoms with Crippen LogP contribution in [-0.4, -0.2) is 22.8 Å². The van der Waals surface area contributed by atoms with Gasteiger partial charge in [0.25, 0.3) is 5.91 Å². The van der Waals surface area contributed by atoms with Crippen LogP contribution >= 0.6 is 11.3 Å². The fourth-order valence-electron chi connectivity index (χ4n) is 2.70. The van der Waals surface area contributed by atoms with Crippen LogP contribution in [0.1, 0.15) is 39.5 Å². The summed E-state index contributed by atoms with van der Waals surface area (Å²) in [6.45, 7) is 4.36. The zero-order valence-electron chi connectivity index (χ0n) is 15.9. The van der Waals surface area contributed by atoms with E-state index < -0.39 is 0 Å². The van der Waals surface area contributed by atoms with E-state index in [2.05, 4.69) is 10.4 Å². The predicted molar refractivity (Wildman–Crippen MR) is 105 cm³/mol. The Kier molecular flexibility index (Phi) is 5.81. The first-order valence-corrected chi connectivity index (χ1v) is 9.49. The smallest absolute Gasteiger partial charge is 0.261 e. The number of amides is 1. The van der Waals surface area contributed by atoms with Crippen LogP contribution in [0.25, 0.3) is 0 Å². The third-order valence-corrected chi connectivity index (χ3v) is 5.41. The van der Waals surface area contributed by atoms with Crippen LogP contribution in [0.15, 0.2) is 41.9 Å². The van der Waals surface area contributed by atoms with Gasteiger partial charge in [-0.05, 0) is 49.6 Å². The molecule has 7 heteroatoms. The number of aromatic nitrogens is 2. The zero-order valence-corrected chi connectivity index (χ0v) is 16.7. The van der Waals surface area contributed by atoms with Crippen molar-refractivity contribution in [1.82, 2.24) is 15.1 Å². The van der Waals surface area contributed by atoms with Gasteiger partial charge in [0.1, 0.15) is 18.1 Å². The molecule has 1 amide bonds. The van der Waals surface area contributed by atoms with Gasteiger partial charge in [-0.1, -0.05) is 0 Å². The molecule has 0 aliphatic heterocycles. The Morgan fingerprint density at radius 1 is 1.30 bits per heavy atom. The van der Waals surface area contributed by atoms with E-state index >= 15 is 0 Å². The van der Waals surface area contributed by atoms with Crippen LogP contribution in [0, 0.1) is 6.92 Å². The second kappa shape index (κ2) is 8.26. The molecule has 0 fully saturated rings. The molecule has 1 N–H and O–H groups in total. The van der Waals surface area contributed by atoms with Crippen molar-refractivity contribution >= 4 is 17.2 Å². The largest absolute Gasteiger partial charge is 0.497 e. The zero-order chi connectivity index (χ0) is 19.4. The highest BCUT2D eigenvalue weighted by Gasteiger charge is 2.17. The number of rotatable bonds is 7. The molecule has 2 aromatic heterocycles. The topological polar surface area (TPSA) is 65.4 Å².